The molecular formula is C7H12Cl4N3P3. The summed E-state index contributed by atoms with van der Waals surface area (Å²) in [6.45, 7) is 3.81. The summed E-state index contributed by atoms with van der Waals surface area (Å²) in [5, 5.41) is 0. The summed E-state index contributed by atoms with van der Waals surface area (Å²) in [5.74, 6) is -2.80. The van der Waals surface area contributed by atoms with Crippen LogP contribution in [0.15, 0.2) is 13.5 Å². The van der Waals surface area contributed by atoms with Gasteiger partial charge in [-0.3, -0.25) is 0 Å². The van der Waals surface area contributed by atoms with Crippen molar-refractivity contribution in [1.29, 1.82) is 0 Å². The zero-order chi connectivity index (χ0) is 13.2. The summed E-state index contributed by atoms with van der Waals surface area (Å²) < 4.78 is 12.7. The molecule has 0 radical (unpaired) electrons. The van der Waals surface area contributed by atoms with Crippen LogP contribution in [-0.2, 0) is 0 Å². The van der Waals surface area contributed by atoms with Crippen LogP contribution >= 0.6 is 64.0 Å². The molecule has 1 aliphatic heterocycles. The molecule has 17 heavy (non-hydrogen) atoms. The van der Waals surface area contributed by atoms with Crippen LogP contribution in [0, 0.1) is 11.6 Å². The number of halogens is 4. The maximum atomic E-state index is 6.06. The van der Waals surface area contributed by atoms with Crippen LogP contribution in [0.25, 0.3) is 0 Å². The third kappa shape index (κ3) is 5.12. The Labute approximate surface area is 121 Å². The Morgan fingerprint density at radius 2 is 1.59 bits per heavy atom. The summed E-state index contributed by atoms with van der Waals surface area (Å²) in [4.78, 5) is 0. The first-order chi connectivity index (χ1) is 7.74. The van der Waals surface area contributed by atoms with Gasteiger partial charge in [0.1, 0.15) is 0 Å². The molecule has 10 heteroatoms. The van der Waals surface area contributed by atoms with Crippen molar-refractivity contribution >= 4 is 64.0 Å². The van der Waals surface area contributed by atoms with Crippen LogP contribution in [0.2, 0.25) is 0 Å². The Morgan fingerprint density at radius 3 is 2.06 bits per heavy atom. The molecule has 0 bridgehead atoms. The van der Waals surface area contributed by atoms with Gasteiger partial charge in [0.05, 0.1) is 0 Å². The lowest BCUT2D eigenvalue weighted by atomic mass is 10.4. The minimum absolute atomic E-state index is 0.724. The van der Waals surface area contributed by atoms with Crippen LogP contribution in [0.3, 0.4) is 0 Å². The molecule has 0 N–H and O–H groups in total. The van der Waals surface area contributed by atoms with Crippen LogP contribution in [0.4, 0.5) is 0 Å². The molecule has 1 aliphatic rings. The molecule has 1 unspecified atom stereocenters. The molecular weight excluding hydrogens is 361 g/mol. The van der Waals surface area contributed by atoms with Crippen LogP contribution in [-0.4, -0.2) is 6.16 Å². The van der Waals surface area contributed by atoms with Crippen molar-refractivity contribution < 1.29 is 0 Å². The Bertz CT molecular complexity index is 511. The summed E-state index contributed by atoms with van der Waals surface area (Å²) in [6.07, 6.45) is 2.68. The third-order valence-electron chi connectivity index (χ3n) is 1.84. The molecule has 0 aromatic heterocycles. The van der Waals surface area contributed by atoms with Gasteiger partial charge in [0, 0.05) is 6.16 Å². The zero-order valence-electron chi connectivity index (χ0n) is 9.32. The largest absolute Gasteiger partial charge is 0.256 e. The van der Waals surface area contributed by atoms with E-state index in [1.54, 1.807) is 6.92 Å². The molecule has 1 rings (SSSR count). The van der Waals surface area contributed by atoms with Crippen molar-refractivity contribution in [3.63, 3.8) is 0 Å². The monoisotopic (exact) mass is 371 g/mol. The molecule has 1 heterocycles. The van der Waals surface area contributed by atoms with Gasteiger partial charge in [-0.2, -0.15) is 4.52 Å². The number of hydrogen-bond donors (Lipinski definition) is 0. The van der Waals surface area contributed by atoms with Crippen molar-refractivity contribution in [2.45, 2.75) is 26.7 Å². The van der Waals surface area contributed by atoms with Crippen molar-refractivity contribution in [3.05, 3.63) is 0 Å². The average molecular weight is 373 g/mol. The predicted molar refractivity (Wildman–Crippen MR) is 84.7 cm³/mol. The third-order valence-corrected chi connectivity index (χ3v) is 14.0. The standard InChI is InChI=1S/C7H12Cl4N3P3/c1-3-5-7-15(6-4-2)12-16(8,9)14-17(10,11)13-15/h3,5,7H2,1-2H3. The summed E-state index contributed by atoms with van der Waals surface area (Å²) in [6, 6.07) is 0. The maximum absolute atomic E-state index is 6.06. The zero-order valence-corrected chi connectivity index (χ0v) is 15.0. The maximum Gasteiger partial charge on any atom is 0.256 e. The van der Waals surface area contributed by atoms with Crippen molar-refractivity contribution in [2.24, 2.45) is 13.5 Å². The van der Waals surface area contributed by atoms with E-state index in [1.165, 1.54) is 0 Å². The lowest BCUT2D eigenvalue weighted by Gasteiger charge is -2.22. The molecule has 0 spiro atoms. The fourth-order valence-corrected chi connectivity index (χ4v) is 17.7. The van der Waals surface area contributed by atoms with Crippen molar-refractivity contribution in [2.75, 3.05) is 6.16 Å². The summed E-state index contributed by atoms with van der Waals surface area (Å²) in [7, 11) is -2.28. The Kier molecular flexibility index (Phi) is 6.04. The highest BCUT2D eigenvalue weighted by Gasteiger charge is 2.31. The van der Waals surface area contributed by atoms with E-state index in [9.17, 15) is 0 Å². The van der Waals surface area contributed by atoms with Crippen LogP contribution in [0.1, 0.15) is 26.7 Å². The minimum atomic E-state index is -2.82. The number of unbranched alkanes of at least 4 members (excludes halogenated alkanes) is 1. The molecule has 0 saturated carbocycles. The van der Waals surface area contributed by atoms with Crippen LogP contribution < -0.4 is 0 Å². The van der Waals surface area contributed by atoms with E-state index in [0.29, 0.717) is 0 Å². The second-order valence-electron chi connectivity index (χ2n) is 3.35. The average Bonchev–Trinajstić information content (AvgIpc) is 2.10. The van der Waals surface area contributed by atoms with Crippen LogP contribution in [0.5, 0.6) is 0 Å². The molecule has 98 valence electrons. The lowest BCUT2D eigenvalue weighted by molar-refractivity contribution is 0.890. The molecule has 0 aromatic rings. The fourth-order valence-electron chi connectivity index (χ4n) is 1.29. The van der Waals surface area contributed by atoms with Crippen molar-refractivity contribution in [1.82, 2.24) is 0 Å². The van der Waals surface area contributed by atoms with E-state index in [1.807, 2.05) is 0 Å². The second kappa shape index (κ2) is 6.24. The first-order valence-corrected chi connectivity index (χ1v) is 13.8. The number of nitrogens with zero attached hydrogens (tertiary/aromatic N) is 3. The summed E-state index contributed by atoms with van der Waals surface area (Å²) in [5.41, 5.74) is 3.03. The fraction of sp³-hybridized carbons (Fsp3) is 0.714. The van der Waals surface area contributed by atoms with Gasteiger partial charge in [0.25, 0.3) is 11.8 Å². The highest BCUT2D eigenvalue weighted by atomic mass is 35.9. The molecule has 0 aromatic carbocycles. The number of rotatable bonds is 3. The topological polar surface area (TPSA) is 37.1 Å². The van der Waals surface area contributed by atoms with Gasteiger partial charge >= 0.3 is 0 Å². The van der Waals surface area contributed by atoms with Gasteiger partial charge < -0.3 is 0 Å². The molecule has 1 atom stereocenters. The highest BCUT2D eigenvalue weighted by molar-refractivity contribution is 8.21. The Morgan fingerprint density at radius 1 is 1.00 bits per heavy atom. The highest BCUT2D eigenvalue weighted by Crippen LogP contribution is 2.85. The van der Waals surface area contributed by atoms with E-state index >= 15 is 0 Å². The Hall–Kier alpha value is 1.41. The first kappa shape index (κ1) is 16.5. The van der Waals surface area contributed by atoms with Gasteiger partial charge in [-0.15, -0.1) is 0 Å². The molecule has 0 saturated heterocycles. The van der Waals surface area contributed by atoms with Crippen molar-refractivity contribution in [3.8, 4) is 11.6 Å². The first-order valence-electron chi connectivity index (χ1n) is 4.87. The smallest absolute Gasteiger partial charge is 0.201 e. The molecule has 0 fully saturated rings. The van der Waals surface area contributed by atoms with E-state index in [4.69, 9.17) is 45.0 Å². The second-order valence-corrected chi connectivity index (χ2v) is 16.1. The quantitative estimate of drug-likeness (QED) is 0.358. The van der Waals surface area contributed by atoms with E-state index in [0.717, 1.165) is 19.0 Å². The summed E-state index contributed by atoms with van der Waals surface area (Å²) >= 11 is 24.2. The van der Waals surface area contributed by atoms with E-state index in [2.05, 4.69) is 32.1 Å². The minimum Gasteiger partial charge on any atom is -0.201 e. The lowest BCUT2D eigenvalue weighted by Crippen LogP contribution is -1.86. The molecule has 3 nitrogen and oxygen atoms in total. The Balaban J connectivity index is 3.41. The van der Waals surface area contributed by atoms with E-state index < -0.39 is 19.0 Å². The van der Waals surface area contributed by atoms with Gasteiger partial charge in [0.2, 0.25) is 0 Å². The molecule has 0 amide bonds. The van der Waals surface area contributed by atoms with E-state index in [-0.39, 0.29) is 0 Å². The van der Waals surface area contributed by atoms with Gasteiger partial charge in [-0.25, -0.2) is 9.03 Å². The molecule has 0 aliphatic carbocycles. The predicted octanol–water partition coefficient (Wildman–Crippen LogP) is 7.74. The van der Waals surface area contributed by atoms with Gasteiger partial charge in [-0.05, 0) is 64.0 Å². The number of hydrogen-bond acceptors (Lipinski definition) is 3. The SMILES string of the molecule is CC#CP1(CCCC)=NP(Cl)(Cl)=NP(Cl)(Cl)=N1. The normalized spacial score (nSPS) is 29.1. The van der Waals surface area contributed by atoms with Gasteiger partial charge in [-0.1, -0.05) is 19.3 Å². The van der Waals surface area contributed by atoms with Gasteiger partial charge in [0.15, 0.2) is 7.21 Å².